The Hall–Kier alpha value is -6.98. The van der Waals surface area contributed by atoms with Crippen LogP contribution in [0.3, 0.4) is 0 Å². The summed E-state index contributed by atoms with van der Waals surface area (Å²) in [5.74, 6) is 0. The monoisotopic (exact) mass is 651 g/mol. The van der Waals surface area contributed by atoms with Crippen LogP contribution in [0.4, 0.5) is 0 Å². The molecule has 5 aromatic heterocycles. The third-order valence-corrected chi connectivity index (χ3v) is 9.66. The first kappa shape index (κ1) is 29.0. The van der Waals surface area contributed by atoms with Crippen molar-refractivity contribution in [3.8, 4) is 50.8 Å². The molecule has 0 unspecified atom stereocenters. The van der Waals surface area contributed by atoms with E-state index in [1.54, 1.807) is 12.4 Å². The molecule has 238 valence electrons. The van der Waals surface area contributed by atoms with E-state index in [1.165, 1.54) is 27.2 Å². The molecular weight excluding hydrogens is 623 g/mol. The van der Waals surface area contributed by atoms with E-state index in [0.717, 1.165) is 67.1 Å². The van der Waals surface area contributed by atoms with Crippen LogP contribution in [0.25, 0.3) is 94.3 Å². The molecule has 0 radical (unpaired) electrons. The van der Waals surface area contributed by atoms with Crippen LogP contribution in [0.2, 0.25) is 0 Å². The Kier molecular flexibility index (Phi) is 6.74. The molecular formula is C46H29N5. The number of hydrogen-bond donors (Lipinski definition) is 0. The van der Waals surface area contributed by atoms with Gasteiger partial charge in [-0.05, 0) is 83.9 Å². The third kappa shape index (κ3) is 4.86. The van der Waals surface area contributed by atoms with Gasteiger partial charge in [0, 0.05) is 50.6 Å². The van der Waals surface area contributed by atoms with Gasteiger partial charge in [-0.25, -0.2) is 9.97 Å². The highest BCUT2D eigenvalue weighted by atomic mass is 15.0. The molecule has 0 amide bonds. The zero-order valence-corrected chi connectivity index (χ0v) is 27.5. The molecule has 5 nitrogen and oxygen atoms in total. The highest BCUT2D eigenvalue weighted by Crippen LogP contribution is 2.43. The maximum Gasteiger partial charge on any atom is 0.0900 e. The minimum atomic E-state index is 0.797. The van der Waals surface area contributed by atoms with Gasteiger partial charge >= 0.3 is 0 Å². The van der Waals surface area contributed by atoms with Gasteiger partial charge in [0.05, 0.1) is 45.0 Å². The summed E-state index contributed by atoms with van der Waals surface area (Å²) in [6.07, 6.45) is 3.60. The highest BCUT2D eigenvalue weighted by molar-refractivity contribution is 6.29. The second kappa shape index (κ2) is 11.9. The van der Waals surface area contributed by atoms with Gasteiger partial charge in [-0.15, -0.1) is 0 Å². The van der Waals surface area contributed by atoms with Gasteiger partial charge in [-0.2, -0.15) is 0 Å². The molecule has 51 heavy (non-hydrogen) atoms. The second-order valence-corrected chi connectivity index (χ2v) is 12.7. The van der Waals surface area contributed by atoms with E-state index in [9.17, 15) is 0 Å². The summed E-state index contributed by atoms with van der Waals surface area (Å²) in [6, 6.07) is 57.1. The summed E-state index contributed by atoms with van der Waals surface area (Å²) in [6.45, 7) is 0. The number of fused-ring (bicyclic) bond motifs is 7. The largest absolute Gasteiger partial charge is 0.309 e. The molecule has 5 aromatic carbocycles. The fourth-order valence-electron chi connectivity index (χ4n) is 7.41. The minimum absolute atomic E-state index is 0.797. The Balaban J connectivity index is 1.22. The van der Waals surface area contributed by atoms with Crippen LogP contribution in [0.15, 0.2) is 176 Å². The number of aromatic nitrogens is 5. The fraction of sp³-hybridized carbons (Fsp3) is 0. The Morgan fingerprint density at radius 3 is 1.78 bits per heavy atom. The second-order valence-electron chi connectivity index (χ2n) is 12.7. The zero-order valence-electron chi connectivity index (χ0n) is 27.5. The van der Waals surface area contributed by atoms with E-state index in [1.807, 2.05) is 36.4 Å². The van der Waals surface area contributed by atoms with E-state index in [0.29, 0.717) is 0 Å². The SMILES string of the molecule is c1ccc(-n2c3ccccc3c3c4c(ccc32)c(-c2cccc(-c3cc(-c5ccccn5)nc(-c5ccccn5)c3)c2)nc2ccccc24)cc1. The highest BCUT2D eigenvalue weighted by Gasteiger charge is 2.20. The van der Waals surface area contributed by atoms with E-state index in [4.69, 9.17) is 9.97 Å². The predicted molar refractivity (Wildman–Crippen MR) is 209 cm³/mol. The molecule has 0 N–H and O–H groups in total. The lowest BCUT2D eigenvalue weighted by Crippen LogP contribution is -1.95. The van der Waals surface area contributed by atoms with E-state index in [-0.39, 0.29) is 0 Å². The molecule has 0 aliphatic heterocycles. The van der Waals surface area contributed by atoms with Crippen molar-refractivity contribution >= 4 is 43.5 Å². The van der Waals surface area contributed by atoms with Gasteiger partial charge < -0.3 is 4.57 Å². The Labute approximate surface area is 294 Å². The van der Waals surface area contributed by atoms with Gasteiger partial charge in [0.2, 0.25) is 0 Å². The van der Waals surface area contributed by atoms with Crippen LogP contribution >= 0.6 is 0 Å². The smallest absolute Gasteiger partial charge is 0.0900 e. The molecule has 0 spiro atoms. The molecule has 5 heteroatoms. The Morgan fingerprint density at radius 2 is 1.04 bits per heavy atom. The molecule has 10 rings (SSSR count). The van der Waals surface area contributed by atoms with E-state index >= 15 is 0 Å². The molecule has 0 fully saturated rings. The summed E-state index contributed by atoms with van der Waals surface area (Å²) < 4.78 is 2.38. The first-order valence-electron chi connectivity index (χ1n) is 17.1. The molecule has 0 saturated heterocycles. The van der Waals surface area contributed by atoms with Crippen LogP contribution in [0.1, 0.15) is 0 Å². The molecule has 0 aliphatic carbocycles. The lowest BCUT2D eigenvalue weighted by atomic mass is 9.94. The Bertz CT molecular complexity index is 2840. The molecule has 0 bridgehead atoms. The first-order valence-corrected chi connectivity index (χ1v) is 17.1. The average molecular weight is 652 g/mol. The number of hydrogen-bond acceptors (Lipinski definition) is 4. The van der Waals surface area contributed by atoms with Crippen molar-refractivity contribution in [2.45, 2.75) is 0 Å². The number of para-hydroxylation sites is 3. The lowest BCUT2D eigenvalue weighted by molar-refractivity contribution is 1.18. The van der Waals surface area contributed by atoms with Crippen LogP contribution in [0, 0.1) is 0 Å². The lowest BCUT2D eigenvalue weighted by Gasteiger charge is -2.14. The van der Waals surface area contributed by atoms with Gasteiger partial charge in [0.15, 0.2) is 0 Å². The first-order chi connectivity index (χ1) is 25.3. The van der Waals surface area contributed by atoms with E-state index < -0.39 is 0 Å². The molecule has 0 atom stereocenters. The van der Waals surface area contributed by atoms with Crippen LogP contribution in [-0.2, 0) is 0 Å². The van der Waals surface area contributed by atoms with E-state index in [2.05, 4.69) is 142 Å². The van der Waals surface area contributed by atoms with Crippen molar-refractivity contribution in [2.75, 3.05) is 0 Å². The number of benzene rings is 5. The van der Waals surface area contributed by atoms with Crippen molar-refractivity contribution in [2.24, 2.45) is 0 Å². The summed E-state index contributed by atoms with van der Waals surface area (Å²) in [7, 11) is 0. The number of rotatable bonds is 5. The topological polar surface area (TPSA) is 56.5 Å². The van der Waals surface area contributed by atoms with Crippen molar-refractivity contribution in [3.05, 3.63) is 176 Å². The summed E-state index contributed by atoms with van der Waals surface area (Å²) in [5, 5.41) is 5.93. The van der Waals surface area contributed by atoms with Crippen LogP contribution in [0.5, 0.6) is 0 Å². The quantitative estimate of drug-likeness (QED) is 0.174. The average Bonchev–Trinajstić information content (AvgIpc) is 3.56. The summed E-state index contributed by atoms with van der Waals surface area (Å²) >= 11 is 0. The minimum Gasteiger partial charge on any atom is -0.309 e. The zero-order chi connectivity index (χ0) is 33.7. The number of pyridine rings is 4. The third-order valence-electron chi connectivity index (χ3n) is 9.66. The van der Waals surface area contributed by atoms with Crippen molar-refractivity contribution in [1.82, 2.24) is 24.5 Å². The van der Waals surface area contributed by atoms with Crippen LogP contribution in [-0.4, -0.2) is 24.5 Å². The van der Waals surface area contributed by atoms with Crippen molar-refractivity contribution < 1.29 is 0 Å². The maximum absolute atomic E-state index is 5.35. The Morgan fingerprint density at radius 1 is 0.373 bits per heavy atom. The van der Waals surface area contributed by atoms with Gasteiger partial charge in [0.1, 0.15) is 0 Å². The summed E-state index contributed by atoms with van der Waals surface area (Å²) in [4.78, 5) is 19.6. The molecule has 5 heterocycles. The maximum atomic E-state index is 5.35. The predicted octanol–water partition coefficient (Wildman–Crippen LogP) is 11.3. The molecule has 0 aliphatic rings. The van der Waals surface area contributed by atoms with Gasteiger partial charge in [-0.3, -0.25) is 9.97 Å². The summed E-state index contributed by atoms with van der Waals surface area (Å²) in [5.41, 5.74) is 11.8. The van der Waals surface area contributed by atoms with Crippen LogP contribution < -0.4 is 0 Å². The molecule has 0 saturated carbocycles. The van der Waals surface area contributed by atoms with Crippen molar-refractivity contribution in [1.29, 1.82) is 0 Å². The molecule has 10 aromatic rings. The van der Waals surface area contributed by atoms with Gasteiger partial charge in [-0.1, -0.05) is 91.0 Å². The standard InChI is InChI=1S/C46H29N5/c1-2-15-33(16-3-1)51-42-22-7-5-18-35(42)45-43(51)24-23-36-44(45)34-17-4-6-19-37(34)50-46(36)31-14-12-13-30(27-31)32-28-40(38-20-8-10-25-47-38)49-41(29-32)39-21-9-11-26-48-39/h1-29H. The normalized spacial score (nSPS) is 11.5. The fourth-order valence-corrected chi connectivity index (χ4v) is 7.41. The van der Waals surface area contributed by atoms with Gasteiger partial charge in [0.25, 0.3) is 0 Å². The number of nitrogens with zero attached hydrogens (tertiary/aromatic N) is 5. The van der Waals surface area contributed by atoms with Crippen molar-refractivity contribution in [3.63, 3.8) is 0 Å².